The van der Waals surface area contributed by atoms with Gasteiger partial charge in [-0.05, 0) is 37.5 Å². The molecule has 0 unspecified atom stereocenters. The number of aryl methyl sites for hydroxylation is 1. The minimum absolute atomic E-state index is 1.17. The molecule has 1 rings (SSSR count). The summed E-state index contributed by atoms with van der Waals surface area (Å²) in [4.78, 5) is 0. The lowest BCUT2D eigenvalue weighted by atomic mass is 10.1. The summed E-state index contributed by atoms with van der Waals surface area (Å²) in [5.74, 6) is 0. The number of benzene rings is 1. The number of hydrogen-bond acceptors (Lipinski definition) is 0. The standard InChI is InChI=1S/C9H14Si.C2H4/c1-6-4-5-9(10)8(3)7(6)2;1-2/h4-5H,1-3,10H3;1-2H2. The lowest BCUT2D eigenvalue weighted by molar-refractivity contribution is 1.28. The van der Waals surface area contributed by atoms with Crippen molar-refractivity contribution in [1.29, 1.82) is 0 Å². The molecule has 66 valence electrons. The summed E-state index contributed by atoms with van der Waals surface area (Å²) in [7, 11) is 1.17. The topological polar surface area (TPSA) is 0 Å². The number of rotatable bonds is 0. The highest BCUT2D eigenvalue weighted by atomic mass is 28.1. The summed E-state index contributed by atoms with van der Waals surface area (Å²) >= 11 is 0. The maximum Gasteiger partial charge on any atom is 0.0388 e. The minimum Gasteiger partial charge on any atom is -0.106 e. The molecule has 0 bridgehead atoms. The van der Waals surface area contributed by atoms with Crippen molar-refractivity contribution in [1.82, 2.24) is 0 Å². The summed E-state index contributed by atoms with van der Waals surface area (Å²) in [5, 5.41) is 1.53. The number of hydrogen-bond donors (Lipinski definition) is 0. The van der Waals surface area contributed by atoms with Gasteiger partial charge in [-0.2, -0.15) is 0 Å². The van der Waals surface area contributed by atoms with Crippen LogP contribution < -0.4 is 5.19 Å². The summed E-state index contributed by atoms with van der Waals surface area (Å²) in [5.41, 5.74) is 4.37. The van der Waals surface area contributed by atoms with Crippen molar-refractivity contribution in [3.8, 4) is 0 Å². The van der Waals surface area contributed by atoms with Crippen molar-refractivity contribution in [3.63, 3.8) is 0 Å². The lowest BCUT2D eigenvalue weighted by Crippen LogP contribution is -2.08. The van der Waals surface area contributed by atoms with E-state index in [0.717, 1.165) is 0 Å². The minimum atomic E-state index is 1.17. The smallest absolute Gasteiger partial charge is 0.0388 e. The largest absolute Gasteiger partial charge is 0.106 e. The normalized spacial score (nSPS) is 8.92. The van der Waals surface area contributed by atoms with E-state index in [1.807, 2.05) is 0 Å². The van der Waals surface area contributed by atoms with Crippen LogP contribution in [0, 0.1) is 20.8 Å². The van der Waals surface area contributed by atoms with Crippen LogP contribution in [0.3, 0.4) is 0 Å². The van der Waals surface area contributed by atoms with Gasteiger partial charge in [-0.1, -0.05) is 17.3 Å². The van der Waals surface area contributed by atoms with E-state index in [9.17, 15) is 0 Å². The maximum absolute atomic E-state index is 3.00. The highest BCUT2D eigenvalue weighted by molar-refractivity contribution is 6.33. The van der Waals surface area contributed by atoms with E-state index in [2.05, 4.69) is 46.1 Å². The molecule has 0 aliphatic carbocycles. The van der Waals surface area contributed by atoms with Crippen molar-refractivity contribution < 1.29 is 0 Å². The van der Waals surface area contributed by atoms with Crippen LogP contribution >= 0.6 is 0 Å². The molecule has 0 fully saturated rings. The van der Waals surface area contributed by atoms with Gasteiger partial charge in [0.1, 0.15) is 0 Å². The van der Waals surface area contributed by atoms with Crippen LogP contribution in [0.1, 0.15) is 16.7 Å². The van der Waals surface area contributed by atoms with Gasteiger partial charge in [0.25, 0.3) is 0 Å². The molecule has 0 saturated heterocycles. The van der Waals surface area contributed by atoms with Gasteiger partial charge in [0, 0.05) is 10.2 Å². The Hall–Kier alpha value is -0.823. The molecule has 0 atom stereocenters. The molecule has 12 heavy (non-hydrogen) atoms. The molecular weight excluding hydrogens is 160 g/mol. The molecule has 1 aromatic carbocycles. The average Bonchev–Trinajstić information content (AvgIpc) is 2.12. The van der Waals surface area contributed by atoms with Crippen LogP contribution in [0.25, 0.3) is 0 Å². The molecule has 0 heterocycles. The molecule has 0 nitrogen and oxygen atoms in total. The third-order valence-corrected chi connectivity index (χ3v) is 3.41. The summed E-state index contributed by atoms with van der Waals surface area (Å²) in [6.45, 7) is 12.6. The Labute approximate surface area is 78.7 Å². The zero-order valence-electron chi connectivity index (χ0n) is 8.57. The Bertz CT molecular complexity index is 237. The molecule has 1 heteroatoms. The van der Waals surface area contributed by atoms with Crippen LogP contribution in [0.5, 0.6) is 0 Å². The van der Waals surface area contributed by atoms with Crippen LogP contribution in [0.15, 0.2) is 25.3 Å². The molecule has 1 aromatic rings. The summed E-state index contributed by atoms with van der Waals surface area (Å²) in [6.07, 6.45) is 0. The Balaban J connectivity index is 0.000000561. The van der Waals surface area contributed by atoms with E-state index in [1.165, 1.54) is 32.1 Å². The van der Waals surface area contributed by atoms with Crippen molar-refractivity contribution >= 4 is 15.4 Å². The second-order valence-corrected chi connectivity index (χ2v) is 4.03. The molecule has 0 spiro atoms. The quantitative estimate of drug-likeness (QED) is 0.416. The average molecular weight is 178 g/mol. The van der Waals surface area contributed by atoms with Gasteiger partial charge < -0.3 is 0 Å². The van der Waals surface area contributed by atoms with Gasteiger partial charge in [0.05, 0.1) is 0 Å². The first-order chi connectivity index (χ1) is 5.63. The molecule has 0 aliphatic rings. The molecule has 0 aliphatic heterocycles. The predicted molar refractivity (Wildman–Crippen MR) is 61.5 cm³/mol. The highest BCUT2D eigenvalue weighted by Crippen LogP contribution is 2.07. The maximum atomic E-state index is 3.00. The molecule has 0 saturated carbocycles. The van der Waals surface area contributed by atoms with Crippen molar-refractivity contribution in [2.45, 2.75) is 20.8 Å². The fourth-order valence-electron chi connectivity index (χ4n) is 1.09. The van der Waals surface area contributed by atoms with Crippen LogP contribution in [-0.2, 0) is 0 Å². The molecule has 0 amide bonds. The third-order valence-electron chi connectivity index (χ3n) is 2.33. The highest BCUT2D eigenvalue weighted by Gasteiger charge is 1.97. The van der Waals surface area contributed by atoms with Gasteiger partial charge in [-0.25, -0.2) is 0 Å². The molecule has 0 N–H and O–H groups in total. The Morgan fingerprint density at radius 2 is 1.50 bits per heavy atom. The first-order valence-electron chi connectivity index (χ1n) is 4.16. The zero-order valence-corrected chi connectivity index (χ0v) is 10.6. The Kier molecular flexibility index (Phi) is 4.60. The van der Waals surface area contributed by atoms with Crippen LogP contribution in [0.4, 0.5) is 0 Å². The Morgan fingerprint density at radius 3 is 1.92 bits per heavy atom. The fourth-order valence-corrected chi connectivity index (χ4v) is 1.63. The van der Waals surface area contributed by atoms with E-state index in [4.69, 9.17) is 0 Å². The van der Waals surface area contributed by atoms with Gasteiger partial charge in [-0.15, -0.1) is 13.2 Å². The van der Waals surface area contributed by atoms with E-state index >= 15 is 0 Å². The fraction of sp³-hybridized carbons (Fsp3) is 0.273. The van der Waals surface area contributed by atoms with E-state index < -0.39 is 0 Å². The van der Waals surface area contributed by atoms with E-state index in [1.54, 1.807) is 0 Å². The second-order valence-electron chi connectivity index (χ2n) is 2.95. The first-order valence-corrected chi connectivity index (χ1v) is 5.16. The molecule has 0 radical (unpaired) electrons. The predicted octanol–water partition coefficient (Wildman–Crippen LogP) is 1.40. The SMILES string of the molecule is C=C.Cc1ccc([SiH3])c(C)c1C. The van der Waals surface area contributed by atoms with Crippen LogP contribution in [-0.4, -0.2) is 10.2 Å². The van der Waals surface area contributed by atoms with Gasteiger partial charge >= 0.3 is 0 Å². The molecule has 0 aromatic heterocycles. The van der Waals surface area contributed by atoms with E-state index in [0.29, 0.717) is 0 Å². The first kappa shape index (κ1) is 11.2. The molecular formula is C11H18Si. The second kappa shape index (κ2) is 4.94. The van der Waals surface area contributed by atoms with Gasteiger partial charge in [0.15, 0.2) is 0 Å². The summed E-state index contributed by atoms with van der Waals surface area (Å²) in [6, 6.07) is 4.45. The monoisotopic (exact) mass is 178 g/mol. The Morgan fingerprint density at radius 1 is 1.00 bits per heavy atom. The van der Waals surface area contributed by atoms with Crippen molar-refractivity contribution in [2.24, 2.45) is 0 Å². The third kappa shape index (κ3) is 2.34. The van der Waals surface area contributed by atoms with Crippen LogP contribution in [0.2, 0.25) is 0 Å². The zero-order chi connectivity index (χ0) is 9.72. The lowest BCUT2D eigenvalue weighted by Gasteiger charge is -2.06. The van der Waals surface area contributed by atoms with Crippen molar-refractivity contribution in [2.75, 3.05) is 0 Å². The van der Waals surface area contributed by atoms with Gasteiger partial charge in [-0.3, -0.25) is 0 Å². The van der Waals surface area contributed by atoms with Crippen molar-refractivity contribution in [3.05, 3.63) is 42.0 Å². The van der Waals surface area contributed by atoms with E-state index in [-0.39, 0.29) is 0 Å². The summed E-state index contributed by atoms with van der Waals surface area (Å²) < 4.78 is 0. The van der Waals surface area contributed by atoms with Gasteiger partial charge in [0.2, 0.25) is 0 Å².